The highest BCUT2D eigenvalue weighted by Gasteiger charge is 2.23. The van der Waals surface area contributed by atoms with Crippen LogP contribution in [0.2, 0.25) is 0 Å². The third-order valence-electron chi connectivity index (χ3n) is 2.99. The molecule has 7 heteroatoms. The first-order valence-corrected chi connectivity index (χ1v) is 8.15. The summed E-state index contributed by atoms with van der Waals surface area (Å²) in [6, 6.07) is 0. The first kappa shape index (κ1) is 12.8. The number of aryl methyl sites for hydroxylation is 1. The lowest BCUT2D eigenvalue weighted by atomic mass is 10.0. The van der Waals surface area contributed by atoms with Gasteiger partial charge in [-0.3, -0.25) is 10.3 Å². The molecule has 0 atom stereocenters. The van der Waals surface area contributed by atoms with E-state index in [1.54, 1.807) is 11.3 Å². The molecule has 0 bridgehead atoms. The minimum absolute atomic E-state index is 0.204. The molecule has 1 aromatic heterocycles. The first-order valence-electron chi connectivity index (χ1n) is 5.72. The molecule has 0 aliphatic heterocycles. The van der Waals surface area contributed by atoms with Crippen LogP contribution < -0.4 is 10.3 Å². The molecule has 0 aromatic carbocycles. The normalized spacial score (nSPS) is 15.8. The van der Waals surface area contributed by atoms with E-state index in [0.717, 1.165) is 18.0 Å². The summed E-state index contributed by atoms with van der Waals surface area (Å²) < 4.78 is 32.0. The van der Waals surface area contributed by atoms with Crippen LogP contribution in [0.1, 0.15) is 29.8 Å². The zero-order valence-corrected chi connectivity index (χ0v) is 11.2. The number of hydrogen-bond acceptors (Lipinski definition) is 4. The van der Waals surface area contributed by atoms with E-state index in [9.17, 15) is 8.42 Å². The Bertz CT molecular complexity index is 508. The molecule has 0 spiro atoms. The van der Waals surface area contributed by atoms with Gasteiger partial charge in [-0.25, -0.2) is 4.57 Å². The second kappa shape index (κ2) is 4.91. The summed E-state index contributed by atoms with van der Waals surface area (Å²) in [6.07, 6.45) is 4.88. The minimum Gasteiger partial charge on any atom is -0.286 e. The van der Waals surface area contributed by atoms with Crippen molar-refractivity contribution in [3.63, 3.8) is 0 Å². The highest BCUT2D eigenvalue weighted by Crippen LogP contribution is 2.26. The molecule has 0 fully saturated rings. The van der Waals surface area contributed by atoms with Gasteiger partial charge in [0.15, 0.2) is 0 Å². The molecular formula is C10H17N2O3S2+. The van der Waals surface area contributed by atoms with Gasteiger partial charge in [0.1, 0.15) is 5.69 Å². The van der Waals surface area contributed by atoms with Gasteiger partial charge >= 0.3 is 5.13 Å². The van der Waals surface area contributed by atoms with Crippen molar-refractivity contribution < 1.29 is 17.5 Å². The van der Waals surface area contributed by atoms with Gasteiger partial charge in [0.2, 0.25) is 0 Å². The van der Waals surface area contributed by atoms with Crippen LogP contribution in [-0.4, -0.2) is 18.7 Å². The van der Waals surface area contributed by atoms with Crippen LogP contribution in [0.5, 0.6) is 0 Å². The lowest BCUT2D eigenvalue weighted by molar-refractivity contribution is -0.686. The summed E-state index contributed by atoms with van der Waals surface area (Å²) in [4.78, 5) is 1.33. The summed E-state index contributed by atoms with van der Waals surface area (Å²) in [5.41, 5.74) is 7.20. The number of nitrogens with two attached hydrogens (primary N) is 1. The standard InChI is InChI=1S/C10H16N2O3S2/c11-10-12(6-3-7-17(13,14)15)8-4-1-2-5-9(8)16-10/h11H,1-7H2,(H,13,14,15)/p+1. The zero-order chi connectivity index (χ0) is 12.5. The Balaban J connectivity index is 2.08. The predicted octanol–water partition coefficient (Wildman–Crippen LogP) is 0.774. The Morgan fingerprint density at radius 2 is 2.06 bits per heavy atom. The third kappa shape index (κ3) is 3.17. The van der Waals surface area contributed by atoms with Gasteiger partial charge in [-0.1, -0.05) is 11.3 Å². The Morgan fingerprint density at radius 1 is 1.35 bits per heavy atom. The molecule has 3 N–H and O–H groups in total. The maximum absolute atomic E-state index is 10.7. The Hall–Kier alpha value is -0.660. The molecule has 0 radical (unpaired) electrons. The minimum atomic E-state index is -3.86. The van der Waals surface area contributed by atoms with Gasteiger partial charge in [-0.05, 0) is 19.3 Å². The molecule has 0 saturated heterocycles. The maximum atomic E-state index is 10.7. The molecule has 0 unspecified atom stereocenters. The van der Waals surface area contributed by atoms with E-state index in [-0.39, 0.29) is 5.75 Å². The number of hydrogen-bond donors (Lipinski definition) is 2. The highest BCUT2D eigenvalue weighted by molar-refractivity contribution is 7.85. The molecule has 1 heterocycles. The van der Waals surface area contributed by atoms with E-state index in [1.165, 1.54) is 23.4 Å². The van der Waals surface area contributed by atoms with Crippen LogP contribution in [0.3, 0.4) is 0 Å². The average molecular weight is 277 g/mol. The van der Waals surface area contributed by atoms with Crippen LogP contribution >= 0.6 is 11.3 Å². The van der Waals surface area contributed by atoms with E-state index >= 15 is 0 Å². The van der Waals surface area contributed by atoms with Crippen molar-refractivity contribution in [2.24, 2.45) is 0 Å². The smallest absolute Gasteiger partial charge is 0.286 e. The Labute approximate surface area is 105 Å². The molecule has 1 aliphatic carbocycles. The quantitative estimate of drug-likeness (QED) is 0.629. The number of fused-ring (bicyclic) bond motifs is 1. The van der Waals surface area contributed by atoms with Crippen molar-refractivity contribution in [3.8, 4) is 0 Å². The Kier molecular flexibility index (Phi) is 3.70. The largest absolute Gasteiger partial charge is 0.332 e. The number of aromatic nitrogens is 1. The van der Waals surface area contributed by atoms with Crippen LogP contribution in [-0.2, 0) is 29.5 Å². The van der Waals surface area contributed by atoms with Crippen molar-refractivity contribution in [3.05, 3.63) is 10.6 Å². The van der Waals surface area contributed by atoms with Crippen molar-refractivity contribution in [1.29, 1.82) is 0 Å². The van der Waals surface area contributed by atoms with Crippen molar-refractivity contribution >= 4 is 26.6 Å². The number of nitrogen functional groups attached to an aromatic ring is 1. The second-order valence-corrected chi connectivity index (χ2v) is 7.00. The average Bonchev–Trinajstić information content (AvgIpc) is 2.54. The topological polar surface area (TPSA) is 84.3 Å². The van der Waals surface area contributed by atoms with Gasteiger partial charge in [-0.15, -0.1) is 0 Å². The highest BCUT2D eigenvalue weighted by atomic mass is 32.2. The van der Waals surface area contributed by atoms with Crippen LogP contribution in [0.25, 0.3) is 0 Å². The van der Waals surface area contributed by atoms with E-state index in [1.807, 2.05) is 4.57 Å². The van der Waals surface area contributed by atoms with E-state index in [4.69, 9.17) is 10.3 Å². The lowest BCUT2D eigenvalue weighted by Gasteiger charge is -2.10. The predicted molar refractivity (Wildman–Crippen MR) is 66.6 cm³/mol. The SMILES string of the molecule is Nc1sc2c([n+]1CCCS(=O)(=O)O)CCCC2. The van der Waals surface area contributed by atoms with Gasteiger partial charge in [-0.2, -0.15) is 8.42 Å². The van der Waals surface area contributed by atoms with Gasteiger partial charge < -0.3 is 0 Å². The van der Waals surface area contributed by atoms with Crippen LogP contribution in [0, 0.1) is 0 Å². The maximum Gasteiger partial charge on any atom is 0.332 e. The van der Waals surface area contributed by atoms with Crippen molar-refractivity contribution in [1.82, 2.24) is 0 Å². The van der Waals surface area contributed by atoms with E-state index in [2.05, 4.69) is 0 Å². The molecule has 1 aromatic rings. The molecule has 1 aliphatic rings. The third-order valence-corrected chi connectivity index (χ3v) is 4.91. The monoisotopic (exact) mass is 277 g/mol. The number of anilines is 1. The fraction of sp³-hybridized carbons (Fsp3) is 0.700. The molecule has 17 heavy (non-hydrogen) atoms. The van der Waals surface area contributed by atoms with Crippen molar-refractivity contribution in [2.45, 2.75) is 38.6 Å². The number of nitrogens with zero attached hydrogens (tertiary/aromatic N) is 1. The van der Waals surface area contributed by atoms with Gasteiger partial charge in [0.05, 0.1) is 17.2 Å². The summed E-state index contributed by atoms with van der Waals surface area (Å²) in [5, 5.41) is 0.743. The molecule has 0 saturated carbocycles. The van der Waals surface area contributed by atoms with Gasteiger partial charge in [0, 0.05) is 12.8 Å². The number of rotatable bonds is 4. The lowest BCUT2D eigenvalue weighted by Crippen LogP contribution is -2.40. The Morgan fingerprint density at radius 3 is 2.76 bits per heavy atom. The molecular weight excluding hydrogens is 260 g/mol. The molecule has 5 nitrogen and oxygen atoms in total. The molecule has 96 valence electrons. The van der Waals surface area contributed by atoms with E-state index in [0.29, 0.717) is 13.0 Å². The molecule has 0 amide bonds. The summed E-state index contributed by atoms with van der Waals surface area (Å²) >= 11 is 1.60. The van der Waals surface area contributed by atoms with Crippen molar-refractivity contribution in [2.75, 3.05) is 11.5 Å². The van der Waals surface area contributed by atoms with Crippen LogP contribution in [0.4, 0.5) is 5.13 Å². The van der Waals surface area contributed by atoms with E-state index < -0.39 is 10.1 Å². The van der Waals surface area contributed by atoms with Crippen LogP contribution in [0.15, 0.2) is 0 Å². The molecule has 2 rings (SSSR count). The first-order chi connectivity index (χ1) is 7.97. The van der Waals surface area contributed by atoms with Gasteiger partial charge in [0.25, 0.3) is 10.1 Å². The summed E-state index contributed by atoms with van der Waals surface area (Å²) in [7, 11) is -3.86. The fourth-order valence-electron chi connectivity index (χ4n) is 2.22. The zero-order valence-electron chi connectivity index (χ0n) is 9.55. The summed E-state index contributed by atoms with van der Waals surface area (Å²) in [6.45, 7) is 0.567. The number of thiazole rings is 1. The second-order valence-electron chi connectivity index (χ2n) is 4.31. The fourth-order valence-corrected chi connectivity index (χ4v) is 3.86. The summed E-state index contributed by atoms with van der Waals surface area (Å²) in [5.74, 6) is -0.204.